The molecule has 0 radical (unpaired) electrons. The van der Waals surface area contributed by atoms with Gasteiger partial charge in [0.1, 0.15) is 6.04 Å². The molecule has 2 aliphatic heterocycles. The lowest BCUT2D eigenvalue weighted by atomic mass is 9.86. The number of alkyl halides is 2. The van der Waals surface area contributed by atoms with Crippen LogP contribution in [0.1, 0.15) is 92.1 Å². The van der Waals surface area contributed by atoms with E-state index < -0.39 is 35.4 Å². The number of carbonyl (C=O) groups is 3. The molecule has 264 valence electrons. The highest BCUT2D eigenvalue weighted by atomic mass is 35.5. The largest absolute Gasteiger partial charge is 0.381 e. The molecule has 3 aliphatic rings. The number of hydrogen-bond donors (Lipinski definition) is 0. The summed E-state index contributed by atoms with van der Waals surface area (Å²) in [5, 5.41) is 0.621. The van der Waals surface area contributed by atoms with Crippen molar-refractivity contribution in [2.45, 2.75) is 116 Å². The van der Waals surface area contributed by atoms with Gasteiger partial charge in [0, 0.05) is 75.2 Å². The molecule has 47 heavy (non-hydrogen) atoms. The fourth-order valence-corrected chi connectivity index (χ4v) is 7.59. The molecule has 8 nitrogen and oxygen atoms in total. The molecule has 4 atom stereocenters. The zero-order valence-electron chi connectivity index (χ0n) is 29.5. The maximum absolute atomic E-state index is 14.8. The number of rotatable bonds is 10. The number of carbonyl (C=O) groups excluding carboxylic acids is 3. The second kappa shape index (κ2) is 14.7. The Morgan fingerprint density at radius 2 is 1.60 bits per heavy atom. The number of amides is 3. The second-order valence-electron chi connectivity index (χ2n) is 15.4. The third-order valence-electron chi connectivity index (χ3n) is 10.5. The van der Waals surface area contributed by atoms with Crippen LogP contribution in [0.15, 0.2) is 24.3 Å². The molecule has 1 aliphatic carbocycles. The summed E-state index contributed by atoms with van der Waals surface area (Å²) in [5.41, 5.74) is -0.0733. The monoisotopic (exact) mass is 680 g/mol. The Labute approximate surface area is 285 Å². The average Bonchev–Trinajstić information content (AvgIpc) is 3.66. The summed E-state index contributed by atoms with van der Waals surface area (Å²) in [6.45, 7) is 16.3. The molecule has 0 aromatic heterocycles. The van der Waals surface area contributed by atoms with Gasteiger partial charge in [0.15, 0.2) is 0 Å². The van der Waals surface area contributed by atoms with Gasteiger partial charge in [0.25, 0.3) is 0 Å². The predicted octanol–water partition coefficient (Wildman–Crippen LogP) is 6.07. The fourth-order valence-electron chi connectivity index (χ4n) is 7.47. The summed E-state index contributed by atoms with van der Waals surface area (Å²) in [5.74, 6) is -3.75. The minimum atomic E-state index is -2.76. The van der Waals surface area contributed by atoms with Crippen LogP contribution in [0.25, 0.3) is 0 Å². The highest BCUT2D eigenvalue weighted by Crippen LogP contribution is 2.42. The first-order valence-electron chi connectivity index (χ1n) is 17.2. The van der Waals surface area contributed by atoms with Gasteiger partial charge in [0.05, 0.1) is 24.0 Å². The molecule has 3 amide bonds. The normalized spacial score (nSPS) is 25.6. The van der Waals surface area contributed by atoms with E-state index in [0.717, 1.165) is 5.56 Å². The van der Waals surface area contributed by atoms with Gasteiger partial charge in [-0.25, -0.2) is 8.78 Å². The summed E-state index contributed by atoms with van der Waals surface area (Å²) >= 11 is 6.22. The Bertz CT molecular complexity index is 1260. The molecule has 2 saturated heterocycles. The van der Waals surface area contributed by atoms with Gasteiger partial charge in [-0.15, -0.1) is 0 Å². The van der Waals surface area contributed by atoms with Crippen molar-refractivity contribution in [1.82, 2.24) is 19.6 Å². The van der Waals surface area contributed by atoms with E-state index in [1.165, 1.54) is 0 Å². The Balaban J connectivity index is 1.72. The summed E-state index contributed by atoms with van der Waals surface area (Å²) in [4.78, 5) is 50.5. The zero-order valence-corrected chi connectivity index (χ0v) is 30.3. The first-order valence-corrected chi connectivity index (χ1v) is 17.6. The van der Waals surface area contributed by atoms with Crippen molar-refractivity contribution in [2.24, 2.45) is 11.3 Å². The first-order chi connectivity index (χ1) is 21.9. The van der Waals surface area contributed by atoms with E-state index in [1.807, 2.05) is 52.0 Å². The van der Waals surface area contributed by atoms with Gasteiger partial charge >= 0.3 is 0 Å². The highest BCUT2D eigenvalue weighted by Gasteiger charge is 2.52. The zero-order chi connectivity index (χ0) is 34.9. The van der Waals surface area contributed by atoms with E-state index in [-0.39, 0.29) is 74.4 Å². The predicted molar refractivity (Wildman–Crippen MR) is 181 cm³/mol. The summed E-state index contributed by atoms with van der Waals surface area (Å²) in [7, 11) is 1.73. The van der Waals surface area contributed by atoms with Crippen LogP contribution in [0.5, 0.6) is 0 Å². The molecule has 1 saturated carbocycles. The summed E-state index contributed by atoms with van der Waals surface area (Å²) in [6.07, 6.45) is 0.0141. The van der Waals surface area contributed by atoms with Gasteiger partial charge in [0.2, 0.25) is 23.6 Å². The first kappa shape index (κ1) is 37.5. The van der Waals surface area contributed by atoms with E-state index in [0.29, 0.717) is 31.3 Å². The average molecular weight is 681 g/mol. The smallest absolute Gasteiger partial charge is 0.248 e. The number of ether oxygens (including phenoxy) is 1. The van der Waals surface area contributed by atoms with Crippen LogP contribution >= 0.6 is 11.6 Å². The quantitative estimate of drug-likeness (QED) is 0.300. The number of halogens is 3. The van der Waals surface area contributed by atoms with Gasteiger partial charge < -0.3 is 19.4 Å². The van der Waals surface area contributed by atoms with Crippen LogP contribution in [0, 0.1) is 11.3 Å². The molecule has 0 N–H and O–H groups in total. The SMILES string of the molecule is CCOCC(C)(C)C(=O)N(C1CCC(F)(F)CC1)[C@H]1C[C@@H](C(=O)N(C)CC)N(C(=O)[C@@H]2CN(C(C)(C)C)C[C@H]2c2ccc(Cl)cc2)C1. The van der Waals surface area contributed by atoms with E-state index in [2.05, 4.69) is 25.7 Å². The Hall–Kier alpha value is -2.30. The van der Waals surface area contributed by atoms with Crippen molar-refractivity contribution < 1.29 is 27.9 Å². The number of hydrogen-bond acceptors (Lipinski definition) is 5. The van der Waals surface area contributed by atoms with Gasteiger partial charge in [-0.3, -0.25) is 19.3 Å². The van der Waals surface area contributed by atoms with Crippen LogP contribution in [0.4, 0.5) is 8.78 Å². The maximum Gasteiger partial charge on any atom is 0.248 e. The topological polar surface area (TPSA) is 73.4 Å². The minimum absolute atomic E-state index is 0.110. The standard InChI is InChI=1S/C36H55ClF2N4O4/c1-9-40(8)32(45)30-19-27(43(26-15-17-36(38,39)18-16-26)33(46)35(6,7)23-47-10-2)20-42(30)31(44)29-22-41(34(3,4)5)21-28(29)24-11-13-25(37)14-12-24/h11-14,26-30H,9-10,15-23H2,1-8H3/t27-,28-,29+,30-/m0/s1. The van der Waals surface area contributed by atoms with Crippen LogP contribution in [-0.4, -0.2) is 113 Å². The van der Waals surface area contributed by atoms with Crippen LogP contribution < -0.4 is 0 Å². The third kappa shape index (κ3) is 8.47. The number of nitrogens with zero attached hydrogens (tertiary/aromatic N) is 4. The molecule has 1 aromatic rings. The Morgan fingerprint density at radius 3 is 2.15 bits per heavy atom. The minimum Gasteiger partial charge on any atom is -0.381 e. The number of likely N-dealkylation sites (N-methyl/N-ethyl adjacent to an activating group) is 1. The lowest BCUT2D eigenvalue weighted by Gasteiger charge is -2.43. The summed E-state index contributed by atoms with van der Waals surface area (Å²) < 4.78 is 34.3. The van der Waals surface area contributed by atoms with E-state index in [4.69, 9.17) is 16.3 Å². The van der Waals surface area contributed by atoms with Gasteiger partial charge in [-0.05, 0) is 85.4 Å². The molecular formula is C36H55ClF2N4O4. The molecule has 1 aromatic carbocycles. The van der Waals surface area contributed by atoms with Gasteiger partial charge in [-0.1, -0.05) is 23.7 Å². The Morgan fingerprint density at radius 1 is 0.979 bits per heavy atom. The number of likely N-dealkylation sites (tertiary alicyclic amines) is 2. The number of benzene rings is 1. The molecule has 3 fully saturated rings. The molecule has 0 spiro atoms. The van der Waals surface area contributed by atoms with E-state index in [9.17, 15) is 23.2 Å². The van der Waals surface area contributed by atoms with Crippen molar-refractivity contribution in [3.05, 3.63) is 34.9 Å². The van der Waals surface area contributed by atoms with Crippen LogP contribution in [0.2, 0.25) is 5.02 Å². The fraction of sp³-hybridized carbons (Fsp3) is 0.750. The Kier molecular flexibility index (Phi) is 11.7. The van der Waals surface area contributed by atoms with Crippen LogP contribution in [-0.2, 0) is 19.1 Å². The molecule has 0 bridgehead atoms. The molecule has 0 unspecified atom stereocenters. The molecular weight excluding hydrogens is 626 g/mol. The van der Waals surface area contributed by atoms with Crippen LogP contribution in [0.3, 0.4) is 0 Å². The van der Waals surface area contributed by atoms with E-state index in [1.54, 1.807) is 21.7 Å². The maximum atomic E-state index is 14.8. The molecule has 4 rings (SSSR count). The lowest BCUT2D eigenvalue weighted by molar-refractivity contribution is -0.152. The van der Waals surface area contributed by atoms with Crippen molar-refractivity contribution >= 4 is 29.3 Å². The molecule has 2 heterocycles. The van der Waals surface area contributed by atoms with Crippen molar-refractivity contribution in [2.75, 3.05) is 46.4 Å². The third-order valence-corrected chi connectivity index (χ3v) is 10.8. The summed E-state index contributed by atoms with van der Waals surface area (Å²) in [6, 6.07) is 5.97. The van der Waals surface area contributed by atoms with E-state index >= 15 is 0 Å². The second-order valence-corrected chi connectivity index (χ2v) is 15.8. The highest BCUT2D eigenvalue weighted by molar-refractivity contribution is 6.30. The lowest BCUT2D eigenvalue weighted by Crippen LogP contribution is -2.55. The van der Waals surface area contributed by atoms with Crippen molar-refractivity contribution in [3.8, 4) is 0 Å². The molecule has 11 heteroatoms. The van der Waals surface area contributed by atoms with Crippen molar-refractivity contribution in [3.63, 3.8) is 0 Å². The van der Waals surface area contributed by atoms with Crippen molar-refractivity contribution in [1.29, 1.82) is 0 Å². The van der Waals surface area contributed by atoms with Gasteiger partial charge in [-0.2, -0.15) is 0 Å².